The zero-order valence-corrected chi connectivity index (χ0v) is 16.8. The second-order valence-electron chi connectivity index (χ2n) is 4.31. The van der Waals surface area contributed by atoms with Gasteiger partial charge in [-0.25, -0.2) is 9.59 Å². The van der Waals surface area contributed by atoms with E-state index in [4.69, 9.17) is 15.3 Å². The maximum Gasteiger partial charge on any atom is 1.00 e. The Bertz CT molecular complexity index is 391. The fraction of sp³-hybridized carbons (Fsp3) is 0.615. The zero-order chi connectivity index (χ0) is 17.7. The van der Waals surface area contributed by atoms with Crippen molar-refractivity contribution in [2.24, 2.45) is 0 Å². The Labute approximate surface area is 177 Å². The first-order valence-corrected chi connectivity index (χ1v) is 6.69. The second kappa shape index (κ2) is 16.2. The Kier molecular flexibility index (Phi) is 19.1. The minimum atomic E-state index is -1.19. The third-order valence-corrected chi connectivity index (χ3v) is 2.37. The molecule has 0 saturated carbocycles. The summed E-state index contributed by atoms with van der Waals surface area (Å²) < 4.78 is 0. The van der Waals surface area contributed by atoms with Gasteiger partial charge in [-0.3, -0.25) is 9.59 Å². The summed E-state index contributed by atoms with van der Waals surface area (Å²) in [5.74, 6) is -3.09. The monoisotopic (exact) mass is 358 g/mol. The van der Waals surface area contributed by atoms with Gasteiger partial charge in [0.15, 0.2) is 0 Å². The summed E-state index contributed by atoms with van der Waals surface area (Å²) >= 11 is 0. The van der Waals surface area contributed by atoms with Crippen LogP contribution in [0.5, 0.6) is 0 Å². The van der Waals surface area contributed by atoms with Crippen LogP contribution in [0.15, 0.2) is 0 Å². The Morgan fingerprint density at radius 1 is 1.04 bits per heavy atom. The van der Waals surface area contributed by atoms with E-state index in [-0.39, 0.29) is 64.2 Å². The normalized spacial score (nSPS) is 11.6. The van der Waals surface area contributed by atoms with Crippen LogP contribution >= 0.6 is 0 Å². The zero-order valence-electron chi connectivity index (χ0n) is 13.7. The summed E-state index contributed by atoms with van der Waals surface area (Å²) in [5, 5.41) is 29.4. The predicted molar refractivity (Wildman–Crippen MR) is 77.3 cm³/mol. The number of urea groups is 1. The Hall–Kier alpha value is -0.684. The topological polar surface area (TPSA) is 153 Å². The van der Waals surface area contributed by atoms with Crippen LogP contribution in [0.25, 0.3) is 0 Å². The maximum absolute atomic E-state index is 11.3. The molecule has 2 amide bonds. The van der Waals surface area contributed by atoms with Crippen molar-refractivity contribution in [2.75, 3.05) is 0 Å². The average Bonchev–Trinajstić information content (AvgIpc) is 2.43. The molecule has 0 saturated heterocycles. The SMILES string of the molecule is CCC(=O)O.[CH2-]CCC[C@H](NC(=O)N[C@@H](C)C(=O)O)C(=O)O.[K+]. The third-order valence-electron chi connectivity index (χ3n) is 2.37. The summed E-state index contributed by atoms with van der Waals surface area (Å²) in [6.07, 6.45) is 1.61. The predicted octanol–water partition coefficient (Wildman–Crippen LogP) is -2.30. The quantitative estimate of drug-likeness (QED) is 0.242. The van der Waals surface area contributed by atoms with Crippen molar-refractivity contribution in [3.63, 3.8) is 0 Å². The summed E-state index contributed by atoms with van der Waals surface area (Å²) in [4.78, 5) is 41.9. The fourth-order valence-electron chi connectivity index (χ4n) is 1.06. The van der Waals surface area contributed by atoms with E-state index in [2.05, 4.69) is 17.6 Å². The number of nitrogens with one attached hydrogen (secondary N) is 2. The molecule has 0 fully saturated rings. The molecule has 0 aromatic heterocycles. The van der Waals surface area contributed by atoms with Crippen LogP contribution in [0.1, 0.15) is 39.5 Å². The van der Waals surface area contributed by atoms with Gasteiger partial charge >= 0.3 is 75.3 Å². The van der Waals surface area contributed by atoms with E-state index in [1.807, 2.05) is 0 Å². The van der Waals surface area contributed by atoms with Gasteiger partial charge in [0, 0.05) is 6.42 Å². The van der Waals surface area contributed by atoms with Gasteiger partial charge in [-0.1, -0.05) is 13.3 Å². The molecule has 0 aliphatic rings. The molecule has 0 radical (unpaired) electrons. The summed E-state index contributed by atoms with van der Waals surface area (Å²) in [6, 6.07) is -2.91. The van der Waals surface area contributed by atoms with E-state index in [0.29, 0.717) is 12.8 Å². The van der Waals surface area contributed by atoms with Crippen molar-refractivity contribution >= 4 is 23.9 Å². The second-order valence-corrected chi connectivity index (χ2v) is 4.31. The molecule has 5 N–H and O–H groups in total. The van der Waals surface area contributed by atoms with E-state index in [0.717, 1.165) is 0 Å². The van der Waals surface area contributed by atoms with Crippen molar-refractivity contribution in [2.45, 2.75) is 51.6 Å². The Morgan fingerprint density at radius 2 is 1.52 bits per heavy atom. The van der Waals surface area contributed by atoms with Gasteiger partial charge in [-0.05, 0) is 13.3 Å². The molecule has 128 valence electrons. The van der Waals surface area contributed by atoms with Crippen LogP contribution in [0.2, 0.25) is 0 Å². The number of carbonyl (C=O) groups excluding carboxylic acids is 1. The first-order chi connectivity index (χ1) is 10.1. The van der Waals surface area contributed by atoms with Crippen LogP contribution in [0, 0.1) is 6.92 Å². The van der Waals surface area contributed by atoms with Crippen molar-refractivity contribution in [1.82, 2.24) is 10.6 Å². The van der Waals surface area contributed by atoms with Gasteiger partial charge in [0.1, 0.15) is 12.1 Å². The molecule has 0 heterocycles. The molecule has 0 aromatic carbocycles. The first kappa shape index (κ1) is 27.2. The van der Waals surface area contributed by atoms with Crippen molar-refractivity contribution < 1.29 is 85.9 Å². The molecule has 0 rings (SSSR count). The molecule has 10 heteroatoms. The number of amides is 2. The number of hydrogen-bond donors (Lipinski definition) is 5. The van der Waals surface area contributed by atoms with Gasteiger partial charge in [0.05, 0.1) is 0 Å². The molecule has 0 aromatic rings. The van der Waals surface area contributed by atoms with Crippen molar-refractivity contribution in [3.05, 3.63) is 6.92 Å². The number of rotatable bonds is 8. The van der Waals surface area contributed by atoms with Gasteiger partial charge in [-0.15, -0.1) is 0 Å². The van der Waals surface area contributed by atoms with E-state index < -0.39 is 36.0 Å². The molecule has 0 spiro atoms. The summed E-state index contributed by atoms with van der Waals surface area (Å²) in [6.45, 7) is 6.45. The first-order valence-electron chi connectivity index (χ1n) is 6.69. The van der Waals surface area contributed by atoms with Crippen LogP contribution < -0.4 is 62.0 Å². The molecule has 2 atom stereocenters. The Balaban J connectivity index is -0.000000578. The summed E-state index contributed by atoms with van der Waals surface area (Å²) in [7, 11) is 0. The van der Waals surface area contributed by atoms with Gasteiger partial charge < -0.3 is 32.9 Å². The number of aliphatic carboxylic acids is 3. The number of hydrogen-bond acceptors (Lipinski definition) is 4. The Morgan fingerprint density at radius 3 is 1.83 bits per heavy atom. The van der Waals surface area contributed by atoms with Crippen LogP contribution in [-0.2, 0) is 14.4 Å². The van der Waals surface area contributed by atoms with Crippen molar-refractivity contribution in [3.8, 4) is 0 Å². The maximum atomic E-state index is 11.3. The number of unbranched alkanes of at least 4 members (excludes halogenated alkanes) is 1. The van der Waals surface area contributed by atoms with Gasteiger partial charge in [-0.2, -0.15) is 6.42 Å². The number of carbonyl (C=O) groups is 4. The van der Waals surface area contributed by atoms with Crippen LogP contribution in [0.3, 0.4) is 0 Å². The molecule has 23 heavy (non-hydrogen) atoms. The van der Waals surface area contributed by atoms with Gasteiger partial charge in [0.25, 0.3) is 0 Å². The molecular weight excluding hydrogens is 335 g/mol. The molecule has 0 bridgehead atoms. The van der Waals surface area contributed by atoms with Crippen molar-refractivity contribution in [1.29, 1.82) is 0 Å². The number of carboxylic acid groups (broad SMARTS) is 3. The average molecular weight is 358 g/mol. The molecular formula is C13H23KN2O7. The number of carboxylic acids is 3. The largest absolute Gasteiger partial charge is 1.00 e. The van der Waals surface area contributed by atoms with Gasteiger partial charge in [0.2, 0.25) is 0 Å². The molecule has 0 aliphatic carbocycles. The minimum absolute atomic E-state index is 0. The van der Waals surface area contributed by atoms with E-state index in [1.165, 1.54) is 6.92 Å². The smallest absolute Gasteiger partial charge is 0.481 e. The van der Waals surface area contributed by atoms with Crippen LogP contribution in [-0.4, -0.2) is 51.3 Å². The van der Waals surface area contributed by atoms with Crippen LogP contribution in [0.4, 0.5) is 4.79 Å². The standard InChI is InChI=1S/C10H17N2O5.C3H6O2.K/c1-3-4-5-7(9(15)16)12-10(17)11-6(2)8(13)14;1-2-3(4)5;/h6-7H,1,3-5H2,2H3,(H,13,14)(H,15,16)(H2,11,12,17);2H2,1H3,(H,4,5);/q-1;;+1/t6-,7-;;/m0../s1. The summed E-state index contributed by atoms with van der Waals surface area (Å²) in [5.41, 5.74) is 0. The van der Waals surface area contributed by atoms with E-state index in [9.17, 15) is 19.2 Å². The molecule has 0 aliphatic heterocycles. The van der Waals surface area contributed by atoms with E-state index >= 15 is 0 Å². The third kappa shape index (κ3) is 17.5. The van der Waals surface area contributed by atoms with E-state index in [1.54, 1.807) is 6.92 Å². The minimum Gasteiger partial charge on any atom is -0.481 e. The molecule has 9 nitrogen and oxygen atoms in total. The fourth-order valence-corrected chi connectivity index (χ4v) is 1.06. The molecule has 0 unspecified atom stereocenters.